The van der Waals surface area contributed by atoms with Gasteiger partial charge in [0.15, 0.2) is 0 Å². The number of amides is 1. The van der Waals surface area contributed by atoms with Gasteiger partial charge in [-0.25, -0.2) is 4.98 Å². The quantitative estimate of drug-likeness (QED) is 0.584. The summed E-state index contributed by atoms with van der Waals surface area (Å²) < 4.78 is 41.9. The fourth-order valence-corrected chi connectivity index (χ4v) is 4.31. The molecule has 2 N–H and O–H groups in total. The number of alkyl halides is 3. The molecule has 0 bridgehead atoms. The fraction of sp³-hybridized carbons (Fsp3) is 0.435. The number of nitrogens with one attached hydrogen (secondary N) is 2. The van der Waals surface area contributed by atoms with Crippen molar-refractivity contribution in [2.45, 2.75) is 64.3 Å². The van der Waals surface area contributed by atoms with Gasteiger partial charge >= 0.3 is 6.18 Å². The molecule has 0 aliphatic heterocycles. The molecule has 1 aliphatic rings. The van der Waals surface area contributed by atoms with Gasteiger partial charge in [-0.15, -0.1) is 0 Å². The molecular formula is C23H26F3N5O. The highest BCUT2D eigenvalue weighted by atomic mass is 19.4. The largest absolute Gasteiger partial charge is 0.433 e. The number of fused-ring (bicyclic) bond motifs is 1. The smallest absolute Gasteiger partial charge is 0.382 e. The molecule has 1 aromatic carbocycles. The van der Waals surface area contributed by atoms with E-state index in [2.05, 4.69) is 20.7 Å². The van der Waals surface area contributed by atoms with E-state index in [9.17, 15) is 18.0 Å². The van der Waals surface area contributed by atoms with Crippen LogP contribution >= 0.6 is 0 Å². The zero-order valence-corrected chi connectivity index (χ0v) is 18.0. The van der Waals surface area contributed by atoms with Crippen LogP contribution in [-0.2, 0) is 12.7 Å². The monoisotopic (exact) mass is 445 g/mol. The number of hydrogen-bond acceptors (Lipinski definition) is 4. The Hall–Kier alpha value is -3.10. The van der Waals surface area contributed by atoms with Gasteiger partial charge in [-0.3, -0.25) is 9.48 Å². The molecule has 0 spiro atoms. The predicted molar refractivity (Wildman–Crippen MR) is 117 cm³/mol. The van der Waals surface area contributed by atoms with Gasteiger partial charge in [0, 0.05) is 35.9 Å². The third-order valence-corrected chi connectivity index (χ3v) is 5.87. The molecule has 6 nitrogen and oxygen atoms in total. The average Bonchev–Trinajstić information content (AvgIpc) is 3.22. The van der Waals surface area contributed by atoms with Crippen LogP contribution < -0.4 is 10.6 Å². The van der Waals surface area contributed by atoms with Crippen molar-refractivity contribution in [1.29, 1.82) is 0 Å². The summed E-state index contributed by atoms with van der Waals surface area (Å²) in [4.78, 5) is 16.5. The number of hydrogen-bond donors (Lipinski definition) is 2. The molecule has 0 radical (unpaired) electrons. The lowest BCUT2D eigenvalue weighted by Crippen LogP contribution is -2.42. The van der Waals surface area contributed by atoms with Gasteiger partial charge < -0.3 is 10.6 Å². The number of benzene rings is 1. The predicted octanol–water partition coefficient (Wildman–Crippen LogP) is 4.93. The summed E-state index contributed by atoms with van der Waals surface area (Å²) in [6.45, 7) is 4.41. The maximum atomic E-state index is 13.4. The van der Waals surface area contributed by atoms with Gasteiger partial charge in [0.2, 0.25) is 0 Å². The average molecular weight is 445 g/mol. The SMILES string of the molecule is CCn1nccc1C(=O)NC1CCC[C@H](Nc2cc(C(F)(F)F)nc3ccc(C)cc23)C1. The number of carbonyl (C=O) groups is 1. The lowest BCUT2D eigenvalue weighted by atomic mass is 9.90. The number of aryl methyl sites for hydroxylation is 2. The Kier molecular flexibility index (Phi) is 6.08. The number of anilines is 1. The molecule has 2 atom stereocenters. The van der Waals surface area contributed by atoms with Crippen LogP contribution in [0.5, 0.6) is 0 Å². The highest BCUT2D eigenvalue weighted by Gasteiger charge is 2.34. The van der Waals surface area contributed by atoms with Gasteiger partial charge in [0.1, 0.15) is 11.4 Å². The highest BCUT2D eigenvalue weighted by Crippen LogP contribution is 2.34. The molecule has 2 heterocycles. The van der Waals surface area contributed by atoms with Gasteiger partial charge in [0.25, 0.3) is 5.91 Å². The van der Waals surface area contributed by atoms with Gasteiger partial charge in [-0.2, -0.15) is 18.3 Å². The second-order valence-electron chi connectivity index (χ2n) is 8.28. The first kappa shape index (κ1) is 22.1. The van der Waals surface area contributed by atoms with Crippen molar-refractivity contribution in [3.63, 3.8) is 0 Å². The molecule has 4 rings (SSSR count). The van der Waals surface area contributed by atoms with Gasteiger partial charge in [-0.05, 0) is 63.8 Å². The molecule has 1 aliphatic carbocycles. The number of pyridine rings is 1. The van der Waals surface area contributed by atoms with Crippen LogP contribution in [0, 0.1) is 6.92 Å². The molecule has 1 saturated carbocycles. The van der Waals surface area contributed by atoms with Crippen LogP contribution in [0.3, 0.4) is 0 Å². The molecule has 32 heavy (non-hydrogen) atoms. The Morgan fingerprint density at radius 1 is 1.19 bits per heavy atom. The number of nitrogens with zero attached hydrogens (tertiary/aromatic N) is 3. The summed E-state index contributed by atoms with van der Waals surface area (Å²) in [7, 11) is 0. The second kappa shape index (κ2) is 8.80. The molecule has 2 aromatic heterocycles. The summed E-state index contributed by atoms with van der Waals surface area (Å²) in [6, 6.07) is 7.87. The van der Waals surface area contributed by atoms with Crippen molar-refractivity contribution in [2.75, 3.05) is 5.32 Å². The molecule has 0 saturated heterocycles. The van der Waals surface area contributed by atoms with Crippen LogP contribution in [0.25, 0.3) is 10.9 Å². The zero-order chi connectivity index (χ0) is 22.9. The van der Waals surface area contributed by atoms with E-state index in [1.807, 2.05) is 19.9 Å². The van der Waals surface area contributed by atoms with Crippen molar-refractivity contribution >= 4 is 22.5 Å². The minimum atomic E-state index is -4.53. The third-order valence-electron chi connectivity index (χ3n) is 5.87. The minimum Gasteiger partial charge on any atom is -0.382 e. The lowest BCUT2D eigenvalue weighted by Gasteiger charge is -2.31. The van der Waals surface area contributed by atoms with Crippen molar-refractivity contribution in [3.05, 3.63) is 53.5 Å². The zero-order valence-electron chi connectivity index (χ0n) is 18.0. The van der Waals surface area contributed by atoms with Gasteiger partial charge in [0.05, 0.1) is 5.52 Å². The summed E-state index contributed by atoms with van der Waals surface area (Å²) in [6.07, 6.45) is 0.205. The fourth-order valence-electron chi connectivity index (χ4n) is 4.31. The molecule has 9 heteroatoms. The first-order valence-corrected chi connectivity index (χ1v) is 10.8. The van der Waals surface area contributed by atoms with Crippen LogP contribution in [0.4, 0.5) is 18.9 Å². The van der Waals surface area contributed by atoms with Crippen molar-refractivity contribution < 1.29 is 18.0 Å². The second-order valence-corrected chi connectivity index (χ2v) is 8.28. The molecule has 170 valence electrons. The first-order chi connectivity index (χ1) is 15.2. The molecule has 1 fully saturated rings. The Balaban J connectivity index is 1.53. The maximum Gasteiger partial charge on any atom is 0.433 e. The molecule has 1 unspecified atom stereocenters. The Morgan fingerprint density at radius 3 is 2.72 bits per heavy atom. The van der Waals surface area contributed by atoms with Crippen LogP contribution in [0.2, 0.25) is 0 Å². The van der Waals surface area contributed by atoms with E-state index < -0.39 is 11.9 Å². The van der Waals surface area contributed by atoms with Crippen LogP contribution in [0.1, 0.15) is 54.4 Å². The van der Waals surface area contributed by atoms with Crippen molar-refractivity contribution in [2.24, 2.45) is 0 Å². The summed E-state index contributed by atoms with van der Waals surface area (Å²) >= 11 is 0. The van der Waals surface area contributed by atoms with E-state index in [1.165, 1.54) is 0 Å². The van der Waals surface area contributed by atoms with Crippen LogP contribution in [-0.4, -0.2) is 32.8 Å². The van der Waals surface area contributed by atoms with E-state index in [0.29, 0.717) is 35.2 Å². The molecule has 1 amide bonds. The number of carbonyl (C=O) groups excluding carboxylic acids is 1. The van der Waals surface area contributed by atoms with Crippen LogP contribution in [0.15, 0.2) is 36.5 Å². The highest BCUT2D eigenvalue weighted by molar-refractivity contribution is 5.93. The Morgan fingerprint density at radius 2 is 1.97 bits per heavy atom. The lowest BCUT2D eigenvalue weighted by molar-refractivity contribution is -0.140. The van der Waals surface area contributed by atoms with E-state index >= 15 is 0 Å². The van der Waals surface area contributed by atoms with Crippen molar-refractivity contribution in [3.8, 4) is 0 Å². The third kappa shape index (κ3) is 4.71. The Labute approximate surface area is 184 Å². The summed E-state index contributed by atoms with van der Waals surface area (Å²) in [5.74, 6) is -0.181. The maximum absolute atomic E-state index is 13.4. The molecular weight excluding hydrogens is 419 g/mol. The topological polar surface area (TPSA) is 71.8 Å². The normalized spacial score (nSPS) is 19.2. The summed E-state index contributed by atoms with van der Waals surface area (Å²) in [5.41, 5.74) is 1.27. The van der Waals surface area contributed by atoms with E-state index in [4.69, 9.17) is 0 Å². The minimum absolute atomic E-state index is 0.0580. The molecule has 3 aromatic rings. The van der Waals surface area contributed by atoms with E-state index in [0.717, 1.165) is 30.9 Å². The van der Waals surface area contributed by atoms with Gasteiger partial charge in [-0.1, -0.05) is 11.6 Å². The Bertz CT molecular complexity index is 1120. The first-order valence-electron chi connectivity index (χ1n) is 10.8. The number of halogens is 3. The standard InChI is InChI=1S/C23H26F3N5O/c1-3-31-20(9-10-27-31)22(32)29-16-6-4-5-15(12-16)28-19-13-21(23(24,25)26)30-18-8-7-14(2)11-17(18)19/h7-11,13,15-16H,3-6,12H2,1-2H3,(H,28,30)(H,29,32)/t15-,16?/m0/s1. The van der Waals surface area contributed by atoms with Crippen molar-refractivity contribution in [1.82, 2.24) is 20.1 Å². The summed E-state index contributed by atoms with van der Waals surface area (Å²) in [5, 5.41) is 11.2. The van der Waals surface area contributed by atoms with E-state index in [-0.39, 0.29) is 18.0 Å². The van der Waals surface area contributed by atoms with E-state index in [1.54, 1.807) is 29.1 Å². The number of aromatic nitrogens is 3. The number of rotatable bonds is 5.